The van der Waals surface area contributed by atoms with Crippen molar-refractivity contribution in [3.8, 4) is 5.75 Å². The van der Waals surface area contributed by atoms with Gasteiger partial charge in [0.25, 0.3) is 11.6 Å². The number of fused-ring (bicyclic) bond motifs is 1. The number of rotatable bonds is 5. The van der Waals surface area contributed by atoms with Gasteiger partial charge in [-0.15, -0.1) is 0 Å². The number of carbonyl (C=O) groups excluding carboxylic acids is 2. The number of nitrogens with two attached hydrogens (primary N) is 2. The fourth-order valence-electron chi connectivity index (χ4n) is 3.00. The molecule has 0 spiro atoms. The van der Waals surface area contributed by atoms with Crippen molar-refractivity contribution >= 4 is 34.2 Å². The average Bonchev–Trinajstić information content (AvgIpc) is 2.69. The van der Waals surface area contributed by atoms with Crippen LogP contribution in [0.25, 0.3) is 10.8 Å². The second kappa shape index (κ2) is 7.39. The van der Waals surface area contributed by atoms with Gasteiger partial charge in [-0.25, -0.2) is 4.79 Å². The number of nitro groups is 1. The van der Waals surface area contributed by atoms with Gasteiger partial charge in [0, 0.05) is 17.2 Å². The van der Waals surface area contributed by atoms with E-state index in [0.29, 0.717) is 21.9 Å². The molecule has 5 N–H and O–H groups in total. The fourth-order valence-corrected chi connectivity index (χ4v) is 3.00. The molecule has 29 heavy (non-hydrogen) atoms. The van der Waals surface area contributed by atoms with Crippen molar-refractivity contribution in [1.29, 1.82) is 5.41 Å². The molecule has 0 fully saturated rings. The van der Waals surface area contributed by atoms with Gasteiger partial charge in [-0.1, -0.05) is 24.3 Å². The number of benzene rings is 3. The Morgan fingerprint density at radius 1 is 1.07 bits per heavy atom. The predicted molar refractivity (Wildman–Crippen MR) is 106 cm³/mol. The van der Waals surface area contributed by atoms with Crippen molar-refractivity contribution in [1.82, 2.24) is 0 Å². The van der Waals surface area contributed by atoms with E-state index in [9.17, 15) is 19.7 Å². The molecule has 0 aliphatic carbocycles. The first kappa shape index (κ1) is 19.5. The van der Waals surface area contributed by atoms with E-state index in [2.05, 4.69) is 0 Å². The molecule has 0 saturated carbocycles. The summed E-state index contributed by atoms with van der Waals surface area (Å²) < 4.78 is 5.39. The van der Waals surface area contributed by atoms with Crippen LogP contribution in [-0.4, -0.2) is 22.6 Å². The van der Waals surface area contributed by atoms with E-state index < -0.39 is 22.5 Å². The molecule has 3 aromatic rings. The van der Waals surface area contributed by atoms with Crippen molar-refractivity contribution < 1.29 is 19.2 Å². The van der Waals surface area contributed by atoms with Crippen molar-refractivity contribution in [2.24, 2.45) is 11.5 Å². The predicted octanol–water partition coefficient (Wildman–Crippen LogP) is 2.66. The number of para-hydroxylation sites is 1. The van der Waals surface area contributed by atoms with Crippen LogP contribution in [0.15, 0.2) is 48.5 Å². The van der Waals surface area contributed by atoms with Crippen LogP contribution in [-0.2, 0) is 0 Å². The molecule has 0 bridgehead atoms. The standard InChI is InChI=1S/C20H16N4O5/c1-10-13-7-6-11(18(21)22)8-12(13)9-15(19(23)25)17(10)29-20(26)14-4-2-3-5-16(14)24(27)28/h2-9H,1H3,(H3,21,22)(H2,23,25). The van der Waals surface area contributed by atoms with E-state index in [-0.39, 0.29) is 22.7 Å². The molecule has 9 nitrogen and oxygen atoms in total. The molecular weight excluding hydrogens is 376 g/mol. The summed E-state index contributed by atoms with van der Waals surface area (Å²) >= 11 is 0. The van der Waals surface area contributed by atoms with E-state index in [4.69, 9.17) is 21.6 Å². The fraction of sp³-hybridized carbons (Fsp3) is 0.0500. The van der Waals surface area contributed by atoms with Crippen molar-refractivity contribution in [3.05, 3.63) is 80.9 Å². The largest absolute Gasteiger partial charge is 0.422 e. The molecule has 3 aromatic carbocycles. The molecule has 3 rings (SSSR count). The lowest BCUT2D eigenvalue weighted by molar-refractivity contribution is -0.385. The van der Waals surface area contributed by atoms with Gasteiger partial charge in [0.1, 0.15) is 17.1 Å². The van der Waals surface area contributed by atoms with Crippen molar-refractivity contribution in [2.45, 2.75) is 6.92 Å². The number of ether oxygens (including phenoxy) is 1. The van der Waals surface area contributed by atoms with E-state index in [0.717, 1.165) is 0 Å². The lowest BCUT2D eigenvalue weighted by atomic mass is 9.97. The number of esters is 1. The number of nitrogen functional groups attached to an aromatic ring is 1. The number of aryl methyl sites for hydroxylation is 1. The van der Waals surface area contributed by atoms with Crippen LogP contribution in [0.5, 0.6) is 5.75 Å². The minimum Gasteiger partial charge on any atom is -0.422 e. The number of carbonyl (C=O) groups is 2. The summed E-state index contributed by atoms with van der Waals surface area (Å²) in [6.07, 6.45) is 0. The number of hydrogen-bond acceptors (Lipinski definition) is 6. The highest BCUT2D eigenvalue weighted by molar-refractivity contribution is 6.06. The third-order valence-corrected chi connectivity index (χ3v) is 4.43. The lowest BCUT2D eigenvalue weighted by Crippen LogP contribution is -2.18. The molecule has 0 heterocycles. The Morgan fingerprint density at radius 2 is 1.76 bits per heavy atom. The highest BCUT2D eigenvalue weighted by Gasteiger charge is 2.24. The second-order valence-electron chi connectivity index (χ2n) is 6.26. The first-order valence-corrected chi connectivity index (χ1v) is 8.38. The zero-order valence-electron chi connectivity index (χ0n) is 15.3. The van der Waals surface area contributed by atoms with Crippen LogP contribution < -0.4 is 16.2 Å². The lowest BCUT2D eigenvalue weighted by Gasteiger charge is -2.14. The first-order valence-electron chi connectivity index (χ1n) is 8.38. The van der Waals surface area contributed by atoms with Crippen LogP contribution in [0, 0.1) is 22.4 Å². The summed E-state index contributed by atoms with van der Waals surface area (Å²) in [5.41, 5.74) is 11.1. The average molecular weight is 392 g/mol. The first-order chi connectivity index (χ1) is 13.7. The molecule has 0 radical (unpaired) electrons. The minimum atomic E-state index is -0.984. The molecular formula is C20H16N4O5. The van der Waals surface area contributed by atoms with Gasteiger partial charge in [0.05, 0.1) is 10.5 Å². The molecule has 1 amide bonds. The second-order valence-corrected chi connectivity index (χ2v) is 6.26. The van der Waals surface area contributed by atoms with Gasteiger partial charge in [-0.3, -0.25) is 20.3 Å². The van der Waals surface area contributed by atoms with Crippen LogP contribution >= 0.6 is 0 Å². The number of hydrogen-bond donors (Lipinski definition) is 3. The quantitative estimate of drug-likeness (QED) is 0.151. The normalized spacial score (nSPS) is 10.5. The van der Waals surface area contributed by atoms with Gasteiger partial charge in [0.2, 0.25) is 0 Å². The van der Waals surface area contributed by atoms with E-state index in [1.807, 2.05) is 0 Å². The summed E-state index contributed by atoms with van der Waals surface area (Å²) in [4.78, 5) is 35.1. The number of amidine groups is 1. The Kier molecular flexibility index (Phi) is 4.97. The topological polar surface area (TPSA) is 162 Å². The Hall–Kier alpha value is -4.27. The SMILES string of the molecule is Cc1c(OC(=O)c2ccccc2[N+](=O)[O-])c(C(N)=O)cc2cc(C(=N)N)ccc12. The summed E-state index contributed by atoms with van der Waals surface area (Å²) in [6, 6.07) is 11.7. The molecule has 0 aromatic heterocycles. The van der Waals surface area contributed by atoms with Crippen LogP contribution in [0.2, 0.25) is 0 Å². The molecule has 146 valence electrons. The van der Waals surface area contributed by atoms with E-state index in [1.165, 1.54) is 30.3 Å². The monoisotopic (exact) mass is 392 g/mol. The maximum atomic E-state index is 12.6. The summed E-state index contributed by atoms with van der Waals surface area (Å²) in [5, 5.41) is 19.9. The van der Waals surface area contributed by atoms with Crippen molar-refractivity contribution in [2.75, 3.05) is 0 Å². The minimum absolute atomic E-state index is 0.0670. The third-order valence-electron chi connectivity index (χ3n) is 4.43. The number of nitro benzene ring substituents is 1. The third kappa shape index (κ3) is 3.61. The van der Waals surface area contributed by atoms with Crippen LogP contribution in [0.1, 0.15) is 31.8 Å². The van der Waals surface area contributed by atoms with E-state index >= 15 is 0 Å². The molecule has 0 atom stereocenters. The Bertz CT molecular complexity index is 1200. The molecule has 0 aliphatic rings. The Balaban J connectivity index is 2.15. The smallest absolute Gasteiger partial charge is 0.350 e. The zero-order valence-corrected chi connectivity index (χ0v) is 15.3. The van der Waals surface area contributed by atoms with Gasteiger partial charge in [-0.05, 0) is 35.9 Å². The number of nitrogens with one attached hydrogen (secondary N) is 1. The summed E-state index contributed by atoms with van der Waals surface area (Å²) in [5.74, 6) is -2.04. The Morgan fingerprint density at radius 3 is 2.38 bits per heavy atom. The number of nitrogens with zero attached hydrogens (tertiary/aromatic N) is 1. The summed E-state index contributed by atoms with van der Waals surface area (Å²) in [6.45, 7) is 1.63. The van der Waals surface area contributed by atoms with Gasteiger partial charge in [0.15, 0.2) is 0 Å². The van der Waals surface area contributed by atoms with Crippen LogP contribution in [0.4, 0.5) is 5.69 Å². The molecule has 0 unspecified atom stereocenters. The van der Waals surface area contributed by atoms with Gasteiger partial charge in [-0.2, -0.15) is 0 Å². The Labute approximate surface area is 164 Å². The molecule has 0 aliphatic heterocycles. The van der Waals surface area contributed by atoms with Gasteiger partial charge < -0.3 is 16.2 Å². The highest BCUT2D eigenvalue weighted by Crippen LogP contribution is 2.33. The van der Waals surface area contributed by atoms with Crippen molar-refractivity contribution in [3.63, 3.8) is 0 Å². The number of amides is 1. The molecule has 9 heteroatoms. The maximum absolute atomic E-state index is 12.6. The highest BCUT2D eigenvalue weighted by atomic mass is 16.6. The molecule has 0 saturated heterocycles. The maximum Gasteiger partial charge on any atom is 0.350 e. The summed E-state index contributed by atoms with van der Waals surface area (Å²) in [7, 11) is 0. The zero-order chi connectivity index (χ0) is 21.3. The van der Waals surface area contributed by atoms with Crippen LogP contribution in [0.3, 0.4) is 0 Å². The number of primary amides is 1. The van der Waals surface area contributed by atoms with E-state index in [1.54, 1.807) is 25.1 Å². The van der Waals surface area contributed by atoms with Gasteiger partial charge >= 0.3 is 5.97 Å².